The Bertz CT molecular complexity index is 458. The number of carbonyl (C=O) groups excluding carboxylic acids is 1. The maximum Gasteiger partial charge on any atom is 0.254 e. The van der Waals surface area contributed by atoms with Crippen LogP contribution in [0.2, 0.25) is 0 Å². The van der Waals surface area contributed by atoms with Crippen LogP contribution in [0.5, 0.6) is 0 Å². The molecule has 0 spiro atoms. The first-order valence-corrected chi connectivity index (χ1v) is 7.64. The summed E-state index contributed by atoms with van der Waals surface area (Å²) in [7, 11) is 0. The van der Waals surface area contributed by atoms with Gasteiger partial charge in [0.05, 0.1) is 5.60 Å². The molecule has 1 fully saturated rings. The molecule has 0 unspecified atom stereocenters. The lowest BCUT2D eigenvalue weighted by Gasteiger charge is -2.41. The van der Waals surface area contributed by atoms with E-state index in [9.17, 15) is 4.79 Å². The fraction of sp³-hybridized carbons (Fsp3) is 0.588. The number of hydrogen-bond acceptors (Lipinski definition) is 3. The lowest BCUT2D eigenvalue weighted by atomic mass is 9.92. The van der Waals surface area contributed by atoms with E-state index >= 15 is 0 Å². The van der Waals surface area contributed by atoms with Crippen molar-refractivity contribution in [2.45, 2.75) is 44.8 Å². The highest BCUT2D eigenvalue weighted by Gasteiger charge is 2.34. The van der Waals surface area contributed by atoms with Crippen LogP contribution in [0.4, 0.5) is 0 Å². The Morgan fingerprint density at radius 2 is 2.10 bits per heavy atom. The Morgan fingerprint density at radius 3 is 2.71 bits per heavy atom. The van der Waals surface area contributed by atoms with Crippen LogP contribution in [0.3, 0.4) is 0 Å². The van der Waals surface area contributed by atoms with Crippen molar-refractivity contribution in [2.24, 2.45) is 0 Å². The second kappa shape index (κ2) is 7.05. The van der Waals surface area contributed by atoms with Crippen LogP contribution in [0.15, 0.2) is 30.3 Å². The molecule has 1 amide bonds. The number of benzene rings is 1. The number of nitrogens with zero attached hydrogens (tertiary/aromatic N) is 1. The maximum absolute atomic E-state index is 12.8. The van der Waals surface area contributed by atoms with Gasteiger partial charge in [0.15, 0.2) is 0 Å². The zero-order valence-electron chi connectivity index (χ0n) is 12.9. The number of aliphatic hydroxyl groups is 1. The number of amides is 1. The van der Waals surface area contributed by atoms with Crippen LogP contribution in [-0.4, -0.2) is 47.3 Å². The van der Waals surface area contributed by atoms with Gasteiger partial charge in [0.2, 0.25) is 0 Å². The second-order valence-corrected chi connectivity index (χ2v) is 6.20. The van der Waals surface area contributed by atoms with E-state index in [-0.39, 0.29) is 24.2 Å². The highest BCUT2D eigenvalue weighted by atomic mass is 16.5. The lowest BCUT2D eigenvalue weighted by Crippen LogP contribution is -2.49. The minimum absolute atomic E-state index is 0.0479. The quantitative estimate of drug-likeness (QED) is 0.906. The van der Waals surface area contributed by atoms with E-state index in [1.165, 1.54) is 0 Å². The first-order chi connectivity index (χ1) is 10.0. The number of ether oxygens (including phenoxy) is 1. The predicted octanol–water partition coefficient (Wildman–Crippen LogP) is 2.47. The Balaban J connectivity index is 2.15. The molecule has 0 aliphatic carbocycles. The molecule has 4 nitrogen and oxygen atoms in total. The molecule has 0 bridgehead atoms. The van der Waals surface area contributed by atoms with Crippen LogP contribution in [-0.2, 0) is 4.74 Å². The number of aliphatic hydroxyl groups excluding tert-OH is 1. The van der Waals surface area contributed by atoms with E-state index in [0.717, 1.165) is 12.8 Å². The van der Waals surface area contributed by atoms with Gasteiger partial charge >= 0.3 is 0 Å². The third-order valence-electron chi connectivity index (χ3n) is 3.95. The zero-order valence-corrected chi connectivity index (χ0v) is 12.9. The molecule has 4 heteroatoms. The van der Waals surface area contributed by atoms with E-state index in [2.05, 4.69) is 13.8 Å². The van der Waals surface area contributed by atoms with E-state index in [0.29, 0.717) is 25.1 Å². The molecule has 0 radical (unpaired) electrons. The second-order valence-electron chi connectivity index (χ2n) is 6.20. The molecule has 1 N–H and O–H groups in total. The van der Waals surface area contributed by atoms with Crippen molar-refractivity contribution in [3.05, 3.63) is 35.9 Å². The fourth-order valence-electron chi connectivity index (χ4n) is 2.90. The highest BCUT2D eigenvalue weighted by molar-refractivity contribution is 5.94. The highest BCUT2D eigenvalue weighted by Crippen LogP contribution is 2.28. The van der Waals surface area contributed by atoms with Crippen LogP contribution in [0, 0.1) is 0 Å². The molecular formula is C17H25NO3. The monoisotopic (exact) mass is 291 g/mol. The fourth-order valence-corrected chi connectivity index (χ4v) is 2.90. The molecule has 1 aromatic rings. The molecular weight excluding hydrogens is 266 g/mol. The summed E-state index contributed by atoms with van der Waals surface area (Å²) in [4.78, 5) is 14.7. The van der Waals surface area contributed by atoms with Crippen molar-refractivity contribution in [3.63, 3.8) is 0 Å². The first kappa shape index (κ1) is 16.0. The molecule has 1 aliphatic rings. The van der Waals surface area contributed by atoms with Gasteiger partial charge in [-0.3, -0.25) is 4.79 Å². The van der Waals surface area contributed by atoms with Gasteiger partial charge in [-0.05, 0) is 45.2 Å². The zero-order chi connectivity index (χ0) is 15.3. The topological polar surface area (TPSA) is 49.8 Å². The van der Waals surface area contributed by atoms with Crippen LogP contribution in [0.1, 0.15) is 43.5 Å². The average Bonchev–Trinajstić information content (AvgIpc) is 2.47. The van der Waals surface area contributed by atoms with Crippen LogP contribution < -0.4 is 0 Å². The van der Waals surface area contributed by atoms with Gasteiger partial charge in [-0.15, -0.1) is 0 Å². The van der Waals surface area contributed by atoms with Crippen molar-refractivity contribution < 1.29 is 14.6 Å². The summed E-state index contributed by atoms with van der Waals surface area (Å²) >= 11 is 0. The normalized spacial score (nSPS) is 21.0. The smallest absolute Gasteiger partial charge is 0.254 e. The minimum Gasteiger partial charge on any atom is -0.396 e. The lowest BCUT2D eigenvalue weighted by molar-refractivity contribution is -0.0785. The number of carbonyl (C=O) groups is 1. The predicted molar refractivity (Wildman–Crippen MR) is 82.2 cm³/mol. The summed E-state index contributed by atoms with van der Waals surface area (Å²) in [5, 5.41) is 9.11. The minimum atomic E-state index is -0.197. The van der Waals surface area contributed by atoms with E-state index in [1.54, 1.807) is 0 Å². The summed E-state index contributed by atoms with van der Waals surface area (Å²) in [5.41, 5.74) is 0.511. The van der Waals surface area contributed by atoms with Crippen molar-refractivity contribution in [1.82, 2.24) is 4.90 Å². The average molecular weight is 291 g/mol. The summed E-state index contributed by atoms with van der Waals surface area (Å²) in [6, 6.07) is 9.54. The summed E-state index contributed by atoms with van der Waals surface area (Å²) in [6.45, 7) is 5.50. The summed E-state index contributed by atoms with van der Waals surface area (Å²) in [6.07, 6.45) is 2.29. The van der Waals surface area contributed by atoms with E-state index in [1.807, 2.05) is 35.2 Å². The standard InChI is InChI=1S/C17H25NO3/c1-17(2)13-15(9-12-21-17)18(10-6-11-19)16(20)14-7-4-3-5-8-14/h3-5,7-8,15,19H,6,9-13H2,1-2H3/t15-/m0/s1. The number of hydrogen-bond donors (Lipinski definition) is 1. The molecule has 2 rings (SSSR count). The third-order valence-corrected chi connectivity index (χ3v) is 3.95. The summed E-state index contributed by atoms with van der Waals surface area (Å²) < 4.78 is 5.75. The van der Waals surface area contributed by atoms with Crippen LogP contribution in [0.25, 0.3) is 0 Å². The SMILES string of the molecule is CC1(C)C[C@@H](N(CCCO)C(=O)c2ccccc2)CCO1. The first-order valence-electron chi connectivity index (χ1n) is 7.64. The molecule has 21 heavy (non-hydrogen) atoms. The molecule has 1 aromatic carbocycles. The van der Waals surface area contributed by atoms with Crippen molar-refractivity contribution >= 4 is 5.91 Å². The van der Waals surface area contributed by atoms with E-state index in [4.69, 9.17) is 9.84 Å². The van der Waals surface area contributed by atoms with E-state index < -0.39 is 0 Å². The maximum atomic E-state index is 12.8. The van der Waals surface area contributed by atoms with Gasteiger partial charge in [-0.2, -0.15) is 0 Å². The third kappa shape index (κ3) is 4.29. The molecule has 0 aromatic heterocycles. The van der Waals surface area contributed by atoms with Gasteiger partial charge in [0, 0.05) is 31.4 Å². The van der Waals surface area contributed by atoms with Crippen molar-refractivity contribution in [2.75, 3.05) is 19.8 Å². The largest absolute Gasteiger partial charge is 0.396 e. The van der Waals surface area contributed by atoms with Crippen molar-refractivity contribution in [3.8, 4) is 0 Å². The summed E-state index contributed by atoms with van der Waals surface area (Å²) in [5.74, 6) is 0.0479. The van der Waals surface area contributed by atoms with Gasteiger partial charge in [0.1, 0.15) is 0 Å². The number of rotatable bonds is 5. The molecule has 1 saturated heterocycles. The Kier molecular flexibility index (Phi) is 5.37. The van der Waals surface area contributed by atoms with Gasteiger partial charge in [0.25, 0.3) is 5.91 Å². The molecule has 1 atom stereocenters. The molecule has 1 aliphatic heterocycles. The van der Waals surface area contributed by atoms with Crippen molar-refractivity contribution in [1.29, 1.82) is 0 Å². The molecule has 1 heterocycles. The van der Waals surface area contributed by atoms with Crippen LogP contribution >= 0.6 is 0 Å². The van der Waals surface area contributed by atoms with Gasteiger partial charge < -0.3 is 14.7 Å². The Labute approximate surface area is 126 Å². The van der Waals surface area contributed by atoms with Gasteiger partial charge in [-0.25, -0.2) is 0 Å². The Morgan fingerprint density at radius 1 is 1.38 bits per heavy atom. The molecule has 0 saturated carbocycles. The Hall–Kier alpha value is -1.39. The molecule has 116 valence electrons. The van der Waals surface area contributed by atoms with Gasteiger partial charge in [-0.1, -0.05) is 18.2 Å².